The third-order valence-electron chi connectivity index (χ3n) is 5.23. The number of aromatic nitrogens is 2. The Bertz CT molecular complexity index is 1350. The predicted molar refractivity (Wildman–Crippen MR) is 119 cm³/mol. The number of hydrogen-bond donors (Lipinski definition) is 1. The lowest BCUT2D eigenvalue weighted by Gasteiger charge is -2.08. The SMILES string of the molecule is CC(C)c1ccc(OCc2ccc(C(=O)Nc3cnn(Cc4c(F)cc(F)c(F)c4F)c3)o2)cc1. The molecule has 0 saturated carbocycles. The monoisotopic (exact) mass is 487 g/mol. The standard InChI is InChI=1S/C25H21F4N3O3/c1-14(2)15-3-5-17(6-4-15)34-13-18-7-8-22(35-18)25(33)31-16-10-30-32(11-16)12-19-20(26)9-21(27)24(29)23(19)28/h3-11,14H,12-13H2,1-2H3,(H,31,33). The van der Waals surface area contributed by atoms with Gasteiger partial charge in [-0.3, -0.25) is 9.48 Å². The van der Waals surface area contributed by atoms with Gasteiger partial charge in [0.25, 0.3) is 5.91 Å². The minimum Gasteiger partial charge on any atom is -0.486 e. The number of hydrogen-bond acceptors (Lipinski definition) is 4. The first-order valence-corrected chi connectivity index (χ1v) is 10.7. The van der Waals surface area contributed by atoms with Gasteiger partial charge in [-0.1, -0.05) is 26.0 Å². The van der Waals surface area contributed by atoms with Crippen molar-refractivity contribution < 1.29 is 31.5 Å². The summed E-state index contributed by atoms with van der Waals surface area (Å²) in [5.74, 6) is -5.33. The van der Waals surface area contributed by atoms with E-state index in [-0.39, 0.29) is 24.1 Å². The Morgan fingerprint density at radius 2 is 1.80 bits per heavy atom. The summed E-state index contributed by atoms with van der Waals surface area (Å²) in [6.45, 7) is 3.81. The highest BCUT2D eigenvalue weighted by Crippen LogP contribution is 2.22. The fourth-order valence-electron chi connectivity index (χ4n) is 3.30. The molecule has 0 aliphatic heterocycles. The van der Waals surface area contributed by atoms with Gasteiger partial charge in [0.15, 0.2) is 23.2 Å². The molecule has 6 nitrogen and oxygen atoms in total. The van der Waals surface area contributed by atoms with Crippen molar-refractivity contribution in [3.8, 4) is 5.75 Å². The topological polar surface area (TPSA) is 69.3 Å². The number of furan rings is 1. The van der Waals surface area contributed by atoms with Crippen LogP contribution >= 0.6 is 0 Å². The maximum absolute atomic E-state index is 13.9. The number of carbonyl (C=O) groups excluding carboxylic acids is 1. The Kier molecular flexibility index (Phi) is 6.90. The first-order valence-electron chi connectivity index (χ1n) is 10.7. The lowest BCUT2D eigenvalue weighted by Crippen LogP contribution is -2.11. The minimum absolute atomic E-state index is 0.0178. The number of nitrogens with zero attached hydrogens (tertiary/aromatic N) is 2. The van der Waals surface area contributed by atoms with Crippen LogP contribution in [0.15, 0.2) is 59.3 Å². The Balaban J connectivity index is 1.35. The highest BCUT2D eigenvalue weighted by atomic mass is 19.2. The van der Waals surface area contributed by atoms with E-state index < -0.39 is 41.3 Å². The van der Waals surface area contributed by atoms with Crippen LogP contribution in [0.4, 0.5) is 23.2 Å². The maximum atomic E-state index is 13.9. The average Bonchev–Trinajstić information content (AvgIpc) is 3.49. The first-order chi connectivity index (χ1) is 16.7. The van der Waals surface area contributed by atoms with Gasteiger partial charge in [0, 0.05) is 17.8 Å². The maximum Gasteiger partial charge on any atom is 0.291 e. The van der Waals surface area contributed by atoms with Crippen LogP contribution in [0, 0.1) is 23.3 Å². The molecule has 0 aliphatic rings. The van der Waals surface area contributed by atoms with Crippen molar-refractivity contribution in [2.75, 3.05) is 5.32 Å². The van der Waals surface area contributed by atoms with Crippen LogP contribution in [0.1, 0.15) is 47.2 Å². The van der Waals surface area contributed by atoms with Gasteiger partial charge in [0.2, 0.25) is 0 Å². The molecule has 182 valence electrons. The van der Waals surface area contributed by atoms with Crippen LogP contribution in [-0.2, 0) is 13.2 Å². The Hall–Kier alpha value is -4.08. The Morgan fingerprint density at radius 3 is 2.51 bits per heavy atom. The zero-order valence-corrected chi connectivity index (χ0v) is 18.8. The second kappa shape index (κ2) is 10.0. The zero-order valence-electron chi connectivity index (χ0n) is 18.8. The molecular formula is C25H21F4N3O3. The Morgan fingerprint density at radius 1 is 1.06 bits per heavy atom. The van der Waals surface area contributed by atoms with E-state index in [9.17, 15) is 22.4 Å². The van der Waals surface area contributed by atoms with Gasteiger partial charge in [-0.15, -0.1) is 0 Å². The first kappa shape index (κ1) is 24.1. The summed E-state index contributed by atoms with van der Waals surface area (Å²) < 4.78 is 66.5. The minimum atomic E-state index is -1.77. The van der Waals surface area contributed by atoms with Crippen molar-refractivity contribution >= 4 is 11.6 Å². The van der Waals surface area contributed by atoms with Crippen LogP contribution in [0.5, 0.6) is 5.75 Å². The van der Waals surface area contributed by atoms with Gasteiger partial charge in [-0.25, -0.2) is 17.6 Å². The summed E-state index contributed by atoms with van der Waals surface area (Å²) in [4.78, 5) is 12.5. The van der Waals surface area contributed by atoms with Crippen molar-refractivity contribution in [1.29, 1.82) is 0 Å². The summed E-state index contributed by atoms with van der Waals surface area (Å²) in [5.41, 5.74) is 0.704. The molecule has 2 aromatic carbocycles. The number of nitrogens with one attached hydrogen (secondary N) is 1. The van der Waals surface area contributed by atoms with Crippen molar-refractivity contribution in [1.82, 2.24) is 9.78 Å². The molecule has 0 bridgehead atoms. The fraction of sp³-hybridized carbons (Fsp3) is 0.200. The molecule has 1 amide bonds. The van der Waals surface area contributed by atoms with E-state index in [0.717, 1.165) is 4.68 Å². The van der Waals surface area contributed by atoms with E-state index >= 15 is 0 Å². The van der Waals surface area contributed by atoms with Crippen molar-refractivity contribution in [3.63, 3.8) is 0 Å². The second-order valence-corrected chi connectivity index (χ2v) is 8.11. The molecule has 0 aliphatic carbocycles. The van der Waals surface area contributed by atoms with Crippen LogP contribution in [0.25, 0.3) is 0 Å². The number of rotatable bonds is 8. The smallest absolute Gasteiger partial charge is 0.291 e. The van der Waals surface area contributed by atoms with E-state index in [1.54, 1.807) is 6.07 Å². The van der Waals surface area contributed by atoms with Gasteiger partial charge in [0.1, 0.15) is 23.9 Å². The molecule has 0 radical (unpaired) electrons. The summed E-state index contributed by atoms with van der Waals surface area (Å²) in [7, 11) is 0. The number of anilines is 1. The third-order valence-corrected chi connectivity index (χ3v) is 5.23. The van der Waals surface area contributed by atoms with E-state index in [1.807, 2.05) is 24.3 Å². The average molecular weight is 487 g/mol. The molecule has 4 rings (SSSR count). The molecule has 2 aromatic heterocycles. The van der Waals surface area contributed by atoms with Gasteiger partial charge in [-0.2, -0.15) is 5.10 Å². The highest BCUT2D eigenvalue weighted by Gasteiger charge is 2.20. The molecule has 0 spiro atoms. The molecule has 1 N–H and O–H groups in total. The molecule has 4 aromatic rings. The largest absolute Gasteiger partial charge is 0.486 e. The van der Waals surface area contributed by atoms with Crippen LogP contribution in [0.2, 0.25) is 0 Å². The fourth-order valence-corrected chi connectivity index (χ4v) is 3.30. The lowest BCUT2D eigenvalue weighted by molar-refractivity contribution is 0.0992. The summed E-state index contributed by atoms with van der Waals surface area (Å²) >= 11 is 0. The summed E-state index contributed by atoms with van der Waals surface area (Å²) in [6, 6.07) is 11.0. The Labute approximate surface area is 198 Å². The molecule has 35 heavy (non-hydrogen) atoms. The zero-order chi connectivity index (χ0) is 25.1. The van der Waals surface area contributed by atoms with E-state index in [0.29, 0.717) is 17.4 Å². The molecule has 2 heterocycles. The normalized spacial score (nSPS) is 11.2. The van der Waals surface area contributed by atoms with E-state index in [4.69, 9.17) is 9.15 Å². The lowest BCUT2D eigenvalue weighted by atomic mass is 10.0. The number of amides is 1. The van der Waals surface area contributed by atoms with E-state index in [2.05, 4.69) is 24.3 Å². The summed E-state index contributed by atoms with van der Waals surface area (Å²) in [5, 5.41) is 6.42. The number of ether oxygens (including phenoxy) is 1. The predicted octanol–water partition coefficient (Wildman–Crippen LogP) is 6.04. The third kappa shape index (κ3) is 5.53. The molecule has 0 saturated heterocycles. The van der Waals surface area contributed by atoms with Crippen molar-refractivity contribution in [3.05, 3.63) is 101 Å². The highest BCUT2D eigenvalue weighted by molar-refractivity contribution is 6.02. The number of benzene rings is 2. The van der Waals surface area contributed by atoms with Crippen molar-refractivity contribution in [2.45, 2.75) is 32.9 Å². The van der Waals surface area contributed by atoms with Crippen LogP contribution in [-0.4, -0.2) is 15.7 Å². The molecule has 0 atom stereocenters. The number of halogens is 4. The second-order valence-electron chi connectivity index (χ2n) is 8.11. The van der Waals surface area contributed by atoms with Crippen molar-refractivity contribution in [2.24, 2.45) is 0 Å². The van der Waals surface area contributed by atoms with Gasteiger partial charge >= 0.3 is 0 Å². The number of carbonyl (C=O) groups is 1. The molecule has 0 fully saturated rings. The van der Waals surface area contributed by atoms with Gasteiger partial charge < -0.3 is 14.5 Å². The molecular weight excluding hydrogens is 466 g/mol. The van der Waals surface area contributed by atoms with Crippen LogP contribution in [0.3, 0.4) is 0 Å². The molecule has 0 unspecified atom stereocenters. The van der Waals surface area contributed by atoms with E-state index in [1.165, 1.54) is 24.0 Å². The molecule has 10 heteroatoms. The quantitative estimate of drug-likeness (QED) is 0.187. The summed E-state index contributed by atoms with van der Waals surface area (Å²) in [6.07, 6.45) is 2.52. The van der Waals surface area contributed by atoms with Gasteiger partial charge in [-0.05, 0) is 35.7 Å². The van der Waals surface area contributed by atoms with Crippen LogP contribution < -0.4 is 10.1 Å². The van der Waals surface area contributed by atoms with Gasteiger partial charge in [0.05, 0.1) is 18.4 Å².